The standard InChI is InChI=1S/C16H13FO4/c1-20-10-13(16(18)19)11-5-4-6-12(9-11)21-15-8-3-2-7-14(15)17/h2-10H,1H3,(H,18,19). The molecule has 2 rings (SSSR count). The minimum Gasteiger partial charge on any atom is -0.503 e. The third-order valence-corrected chi connectivity index (χ3v) is 2.68. The van der Waals surface area contributed by atoms with Gasteiger partial charge in [-0.25, -0.2) is 9.18 Å². The van der Waals surface area contributed by atoms with Gasteiger partial charge in [-0.05, 0) is 29.8 Å². The van der Waals surface area contributed by atoms with E-state index in [-0.39, 0.29) is 11.3 Å². The van der Waals surface area contributed by atoms with Crippen molar-refractivity contribution in [2.75, 3.05) is 7.11 Å². The lowest BCUT2D eigenvalue weighted by molar-refractivity contribution is -0.130. The number of methoxy groups -OCH3 is 1. The van der Waals surface area contributed by atoms with Crippen molar-refractivity contribution in [1.29, 1.82) is 0 Å². The summed E-state index contributed by atoms with van der Waals surface area (Å²) >= 11 is 0. The van der Waals surface area contributed by atoms with E-state index >= 15 is 0 Å². The van der Waals surface area contributed by atoms with Gasteiger partial charge in [-0.15, -0.1) is 0 Å². The molecular formula is C16H13FO4. The molecule has 0 spiro atoms. The number of para-hydroxylation sites is 1. The molecule has 0 unspecified atom stereocenters. The average Bonchev–Trinajstić information content (AvgIpc) is 2.47. The Balaban J connectivity index is 2.32. The number of carboxylic acids is 1. The summed E-state index contributed by atoms with van der Waals surface area (Å²) < 4.78 is 23.7. The highest BCUT2D eigenvalue weighted by Gasteiger charge is 2.12. The molecule has 21 heavy (non-hydrogen) atoms. The first-order chi connectivity index (χ1) is 10.1. The van der Waals surface area contributed by atoms with Gasteiger partial charge in [0.25, 0.3) is 0 Å². The van der Waals surface area contributed by atoms with E-state index in [0.29, 0.717) is 11.3 Å². The maximum atomic E-state index is 13.5. The molecule has 2 aromatic carbocycles. The number of benzene rings is 2. The number of carbonyl (C=O) groups is 1. The van der Waals surface area contributed by atoms with Crippen LogP contribution in [-0.4, -0.2) is 18.2 Å². The minimum absolute atomic E-state index is 0.0171. The normalized spacial score (nSPS) is 11.0. The Bertz CT molecular complexity index is 679. The first-order valence-electron chi connectivity index (χ1n) is 6.11. The molecule has 0 aliphatic carbocycles. The Hall–Kier alpha value is -2.82. The van der Waals surface area contributed by atoms with Crippen molar-refractivity contribution in [2.24, 2.45) is 0 Å². The van der Waals surface area contributed by atoms with E-state index in [2.05, 4.69) is 0 Å². The summed E-state index contributed by atoms with van der Waals surface area (Å²) in [6, 6.07) is 12.3. The van der Waals surface area contributed by atoms with Gasteiger partial charge in [-0.3, -0.25) is 0 Å². The first-order valence-corrected chi connectivity index (χ1v) is 6.11. The third-order valence-electron chi connectivity index (χ3n) is 2.68. The van der Waals surface area contributed by atoms with Crippen molar-refractivity contribution in [3.05, 3.63) is 66.2 Å². The van der Waals surface area contributed by atoms with Crippen LogP contribution >= 0.6 is 0 Å². The summed E-state index contributed by atoms with van der Waals surface area (Å²) in [5.74, 6) is -1.21. The summed E-state index contributed by atoms with van der Waals surface area (Å²) in [5.41, 5.74) is 0.384. The maximum absolute atomic E-state index is 13.5. The topological polar surface area (TPSA) is 55.8 Å². The van der Waals surface area contributed by atoms with Crippen LogP contribution in [0.1, 0.15) is 5.56 Å². The Morgan fingerprint density at radius 2 is 1.95 bits per heavy atom. The third kappa shape index (κ3) is 3.60. The molecule has 0 fully saturated rings. The fourth-order valence-electron chi connectivity index (χ4n) is 1.74. The van der Waals surface area contributed by atoms with Crippen LogP contribution in [0.2, 0.25) is 0 Å². The van der Waals surface area contributed by atoms with Crippen LogP contribution in [0, 0.1) is 5.82 Å². The van der Waals surface area contributed by atoms with E-state index in [1.54, 1.807) is 30.3 Å². The lowest BCUT2D eigenvalue weighted by Crippen LogP contribution is -2.00. The Morgan fingerprint density at radius 1 is 1.19 bits per heavy atom. The van der Waals surface area contributed by atoms with Crippen LogP contribution in [0.15, 0.2) is 54.8 Å². The van der Waals surface area contributed by atoms with Gasteiger partial charge in [-0.1, -0.05) is 24.3 Å². The molecule has 0 heterocycles. The molecular weight excluding hydrogens is 275 g/mol. The number of aliphatic carboxylic acids is 1. The van der Waals surface area contributed by atoms with E-state index in [1.807, 2.05) is 0 Å². The zero-order valence-corrected chi connectivity index (χ0v) is 11.2. The second kappa shape index (κ2) is 6.56. The molecule has 0 aliphatic heterocycles. The van der Waals surface area contributed by atoms with Crippen molar-refractivity contribution in [3.8, 4) is 11.5 Å². The van der Waals surface area contributed by atoms with Gasteiger partial charge in [0.05, 0.1) is 13.4 Å². The number of halogens is 1. The predicted octanol–water partition coefficient (Wildman–Crippen LogP) is 3.69. The molecule has 0 bridgehead atoms. The van der Waals surface area contributed by atoms with E-state index in [9.17, 15) is 9.18 Å². The molecule has 0 radical (unpaired) electrons. The molecule has 0 saturated heterocycles. The van der Waals surface area contributed by atoms with Crippen LogP contribution in [-0.2, 0) is 9.53 Å². The SMILES string of the molecule is COC=C(C(=O)O)c1cccc(Oc2ccccc2F)c1. The molecule has 2 aromatic rings. The summed E-state index contributed by atoms with van der Waals surface area (Å²) in [4.78, 5) is 11.2. The number of hydrogen-bond donors (Lipinski definition) is 1. The second-order valence-corrected chi connectivity index (χ2v) is 4.13. The van der Waals surface area contributed by atoms with E-state index in [0.717, 1.165) is 6.26 Å². The molecule has 4 nitrogen and oxygen atoms in total. The summed E-state index contributed by atoms with van der Waals surface area (Å²) in [6.45, 7) is 0. The van der Waals surface area contributed by atoms with E-state index < -0.39 is 11.8 Å². The van der Waals surface area contributed by atoms with Crippen molar-refractivity contribution in [3.63, 3.8) is 0 Å². The first kappa shape index (κ1) is 14.6. The zero-order valence-electron chi connectivity index (χ0n) is 11.2. The minimum atomic E-state index is -1.13. The van der Waals surface area contributed by atoms with Crippen molar-refractivity contribution < 1.29 is 23.8 Å². The Morgan fingerprint density at radius 3 is 2.62 bits per heavy atom. The monoisotopic (exact) mass is 288 g/mol. The van der Waals surface area contributed by atoms with Crippen LogP contribution in [0.3, 0.4) is 0 Å². The molecule has 0 amide bonds. The van der Waals surface area contributed by atoms with Crippen LogP contribution in [0.4, 0.5) is 4.39 Å². The van der Waals surface area contributed by atoms with Gasteiger partial charge in [0.15, 0.2) is 11.6 Å². The quantitative estimate of drug-likeness (QED) is 0.673. The highest BCUT2D eigenvalue weighted by Crippen LogP contribution is 2.27. The van der Waals surface area contributed by atoms with Gasteiger partial charge in [0.1, 0.15) is 11.3 Å². The number of carboxylic acid groups (broad SMARTS) is 1. The van der Waals surface area contributed by atoms with Gasteiger partial charge in [0, 0.05) is 0 Å². The van der Waals surface area contributed by atoms with Gasteiger partial charge >= 0.3 is 5.97 Å². The molecule has 0 saturated carbocycles. The molecule has 0 aliphatic rings. The molecule has 5 heteroatoms. The van der Waals surface area contributed by atoms with E-state index in [4.69, 9.17) is 14.6 Å². The number of rotatable bonds is 5. The predicted molar refractivity (Wildman–Crippen MR) is 75.5 cm³/mol. The maximum Gasteiger partial charge on any atom is 0.339 e. The number of hydrogen-bond acceptors (Lipinski definition) is 3. The van der Waals surface area contributed by atoms with Gasteiger partial charge < -0.3 is 14.6 Å². The molecule has 1 N–H and O–H groups in total. The van der Waals surface area contributed by atoms with Crippen molar-refractivity contribution in [1.82, 2.24) is 0 Å². The lowest BCUT2D eigenvalue weighted by Gasteiger charge is -2.08. The van der Waals surface area contributed by atoms with Crippen molar-refractivity contribution in [2.45, 2.75) is 0 Å². The highest BCUT2D eigenvalue weighted by atomic mass is 19.1. The van der Waals surface area contributed by atoms with Gasteiger partial charge in [-0.2, -0.15) is 0 Å². The van der Waals surface area contributed by atoms with Crippen LogP contribution in [0.5, 0.6) is 11.5 Å². The zero-order chi connectivity index (χ0) is 15.2. The molecule has 0 aromatic heterocycles. The van der Waals surface area contributed by atoms with Crippen molar-refractivity contribution >= 4 is 11.5 Å². The smallest absolute Gasteiger partial charge is 0.339 e. The summed E-state index contributed by atoms with van der Waals surface area (Å²) in [7, 11) is 1.36. The summed E-state index contributed by atoms with van der Waals surface area (Å²) in [5, 5.41) is 9.13. The average molecular weight is 288 g/mol. The molecule has 108 valence electrons. The number of ether oxygens (including phenoxy) is 2. The van der Waals surface area contributed by atoms with Crippen LogP contribution in [0.25, 0.3) is 5.57 Å². The van der Waals surface area contributed by atoms with Crippen LogP contribution < -0.4 is 4.74 Å². The highest BCUT2D eigenvalue weighted by molar-refractivity contribution is 6.15. The van der Waals surface area contributed by atoms with Gasteiger partial charge in [0.2, 0.25) is 0 Å². The second-order valence-electron chi connectivity index (χ2n) is 4.13. The Kier molecular flexibility index (Phi) is 4.56. The summed E-state index contributed by atoms with van der Waals surface area (Å²) in [6.07, 6.45) is 1.13. The molecule has 0 atom stereocenters. The lowest BCUT2D eigenvalue weighted by atomic mass is 10.1. The van der Waals surface area contributed by atoms with E-state index in [1.165, 1.54) is 25.3 Å². The largest absolute Gasteiger partial charge is 0.503 e. The Labute approximate surface area is 121 Å². The fraction of sp³-hybridized carbons (Fsp3) is 0.0625. The fourth-order valence-corrected chi connectivity index (χ4v) is 1.74.